The number of nitrogens with two attached hydrogens (primary N) is 1. The van der Waals surface area contributed by atoms with Crippen molar-refractivity contribution >= 4 is 17.3 Å². The summed E-state index contributed by atoms with van der Waals surface area (Å²) in [6.07, 6.45) is 2.34. The average Bonchev–Trinajstić information content (AvgIpc) is 2.32. The Labute approximate surface area is 105 Å². The van der Waals surface area contributed by atoms with E-state index < -0.39 is 5.56 Å². The zero-order chi connectivity index (χ0) is 12.8. The van der Waals surface area contributed by atoms with Crippen molar-refractivity contribution in [1.29, 1.82) is 0 Å². The first-order chi connectivity index (χ1) is 8.11. The van der Waals surface area contributed by atoms with Gasteiger partial charge in [-0.1, -0.05) is 11.6 Å². The first-order valence-electron chi connectivity index (χ1n) is 5.39. The number of rotatable bonds is 6. The van der Waals surface area contributed by atoms with Gasteiger partial charge < -0.3 is 15.7 Å². The Kier molecular flexibility index (Phi) is 5.40. The number of hydrogen-bond donors (Lipinski definition) is 2. The Morgan fingerprint density at radius 2 is 2.35 bits per heavy atom. The molecule has 1 aromatic heterocycles. The molecule has 0 aliphatic heterocycles. The van der Waals surface area contributed by atoms with Crippen molar-refractivity contribution in [3.05, 3.63) is 21.6 Å². The molecule has 17 heavy (non-hydrogen) atoms. The standard InChI is InChI=1S/C10H17ClN4O2/c1-14(4-2-3-12)8-7-13-15(5-6-16)10(17)9(8)11/h7,16H,2-6,12H2,1H3. The number of halogens is 1. The summed E-state index contributed by atoms with van der Waals surface area (Å²) in [6.45, 7) is 1.29. The number of hydrogen-bond acceptors (Lipinski definition) is 5. The van der Waals surface area contributed by atoms with Crippen molar-refractivity contribution in [1.82, 2.24) is 9.78 Å². The van der Waals surface area contributed by atoms with Crippen molar-refractivity contribution in [3.8, 4) is 0 Å². The van der Waals surface area contributed by atoms with Crippen molar-refractivity contribution in [2.24, 2.45) is 5.73 Å². The number of nitrogens with zero attached hydrogens (tertiary/aromatic N) is 3. The Morgan fingerprint density at radius 3 is 2.94 bits per heavy atom. The molecule has 0 unspecified atom stereocenters. The molecule has 6 nitrogen and oxygen atoms in total. The van der Waals surface area contributed by atoms with Gasteiger partial charge >= 0.3 is 0 Å². The van der Waals surface area contributed by atoms with Gasteiger partial charge in [-0.3, -0.25) is 4.79 Å². The molecule has 0 saturated carbocycles. The van der Waals surface area contributed by atoms with Crippen LogP contribution in [0.2, 0.25) is 5.02 Å². The molecule has 0 spiro atoms. The van der Waals surface area contributed by atoms with Crippen molar-refractivity contribution in [2.45, 2.75) is 13.0 Å². The monoisotopic (exact) mass is 260 g/mol. The Hall–Kier alpha value is -1.11. The minimum Gasteiger partial charge on any atom is -0.394 e. The third kappa shape index (κ3) is 3.42. The van der Waals surface area contributed by atoms with Crippen LogP contribution in [-0.2, 0) is 6.54 Å². The van der Waals surface area contributed by atoms with E-state index in [4.69, 9.17) is 22.4 Å². The summed E-state index contributed by atoms with van der Waals surface area (Å²) in [4.78, 5) is 13.6. The zero-order valence-electron chi connectivity index (χ0n) is 9.77. The van der Waals surface area contributed by atoms with Crippen LogP contribution in [-0.4, -0.2) is 41.6 Å². The van der Waals surface area contributed by atoms with Gasteiger partial charge in [0.1, 0.15) is 5.02 Å². The Morgan fingerprint density at radius 1 is 1.65 bits per heavy atom. The van der Waals surface area contributed by atoms with E-state index in [0.717, 1.165) is 11.1 Å². The van der Waals surface area contributed by atoms with E-state index >= 15 is 0 Å². The van der Waals surface area contributed by atoms with Crippen LogP contribution in [0.4, 0.5) is 5.69 Å². The molecular formula is C10H17ClN4O2. The lowest BCUT2D eigenvalue weighted by molar-refractivity contribution is 0.266. The predicted molar refractivity (Wildman–Crippen MR) is 67.5 cm³/mol. The first kappa shape index (κ1) is 14.0. The molecule has 96 valence electrons. The lowest BCUT2D eigenvalue weighted by Crippen LogP contribution is -2.29. The lowest BCUT2D eigenvalue weighted by Gasteiger charge is -2.19. The molecular weight excluding hydrogens is 244 g/mol. The smallest absolute Gasteiger partial charge is 0.287 e. The number of anilines is 1. The molecule has 1 rings (SSSR count). The summed E-state index contributed by atoms with van der Waals surface area (Å²) in [7, 11) is 1.83. The maximum atomic E-state index is 11.8. The van der Waals surface area contributed by atoms with Gasteiger partial charge in [-0.05, 0) is 13.0 Å². The van der Waals surface area contributed by atoms with Gasteiger partial charge in [-0.25, -0.2) is 4.68 Å². The minimum atomic E-state index is -0.391. The largest absolute Gasteiger partial charge is 0.394 e. The number of aromatic nitrogens is 2. The highest BCUT2D eigenvalue weighted by Gasteiger charge is 2.12. The van der Waals surface area contributed by atoms with Crippen molar-refractivity contribution in [3.63, 3.8) is 0 Å². The maximum absolute atomic E-state index is 11.8. The summed E-state index contributed by atoms with van der Waals surface area (Å²) < 4.78 is 1.14. The predicted octanol–water partition coefficient (Wildman–Crippen LogP) is -0.326. The van der Waals surface area contributed by atoms with E-state index in [9.17, 15) is 4.79 Å². The number of aliphatic hydroxyl groups is 1. The highest BCUT2D eigenvalue weighted by Crippen LogP contribution is 2.19. The molecule has 0 aliphatic carbocycles. The molecule has 0 saturated heterocycles. The van der Waals surface area contributed by atoms with Crippen LogP contribution in [0.15, 0.2) is 11.0 Å². The fourth-order valence-corrected chi connectivity index (χ4v) is 1.72. The van der Waals surface area contributed by atoms with Gasteiger partial charge in [0.15, 0.2) is 0 Å². The van der Waals surface area contributed by atoms with Gasteiger partial charge in [0.25, 0.3) is 5.56 Å². The normalized spacial score (nSPS) is 10.6. The maximum Gasteiger partial charge on any atom is 0.287 e. The van der Waals surface area contributed by atoms with Crippen LogP contribution in [0.3, 0.4) is 0 Å². The molecule has 0 aromatic carbocycles. The third-order valence-electron chi connectivity index (χ3n) is 2.39. The van der Waals surface area contributed by atoms with Gasteiger partial charge in [0, 0.05) is 13.6 Å². The van der Waals surface area contributed by atoms with E-state index in [2.05, 4.69) is 5.10 Å². The van der Waals surface area contributed by atoms with Crippen LogP contribution in [0.1, 0.15) is 6.42 Å². The first-order valence-corrected chi connectivity index (χ1v) is 5.77. The van der Waals surface area contributed by atoms with Gasteiger partial charge in [-0.2, -0.15) is 5.10 Å². The van der Waals surface area contributed by atoms with Gasteiger partial charge in [0.05, 0.1) is 25.0 Å². The minimum absolute atomic E-state index is 0.118. The summed E-state index contributed by atoms with van der Waals surface area (Å²) in [6, 6.07) is 0. The third-order valence-corrected chi connectivity index (χ3v) is 2.74. The topological polar surface area (TPSA) is 84.4 Å². The Balaban J connectivity index is 2.95. The highest BCUT2D eigenvalue weighted by atomic mass is 35.5. The molecule has 0 bridgehead atoms. The van der Waals surface area contributed by atoms with Gasteiger partial charge in [0.2, 0.25) is 0 Å². The summed E-state index contributed by atoms with van der Waals surface area (Å²) >= 11 is 5.98. The summed E-state index contributed by atoms with van der Waals surface area (Å²) in [5.41, 5.74) is 5.61. The van der Waals surface area contributed by atoms with Crippen LogP contribution < -0.4 is 16.2 Å². The highest BCUT2D eigenvalue weighted by molar-refractivity contribution is 6.33. The van der Waals surface area contributed by atoms with Crippen molar-refractivity contribution in [2.75, 3.05) is 31.6 Å². The second-order valence-electron chi connectivity index (χ2n) is 3.66. The van der Waals surface area contributed by atoms with E-state index in [-0.39, 0.29) is 18.2 Å². The SMILES string of the molecule is CN(CCCN)c1cnn(CCO)c(=O)c1Cl. The quantitative estimate of drug-likeness (QED) is 0.732. The molecule has 7 heteroatoms. The fraction of sp³-hybridized carbons (Fsp3) is 0.600. The van der Waals surface area contributed by atoms with Crippen LogP contribution >= 0.6 is 11.6 Å². The molecule has 0 atom stereocenters. The molecule has 1 aromatic rings. The van der Waals surface area contributed by atoms with E-state index in [1.807, 2.05) is 11.9 Å². The molecule has 0 radical (unpaired) electrons. The number of aliphatic hydroxyl groups excluding tert-OH is 1. The molecule has 0 fully saturated rings. The average molecular weight is 261 g/mol. The van der Waals surface area contributed by atoms with Gasteiger partial charge in [-0.15, -0.1) is 0 Å². The van der Waals surface area contributed by atoms with Crippen LogP contribution in [0.5, 0.6) is 0 Å². The second-order valence-corrected chi connectivity index (χ2v) is 4.04. The van der Waals surface area contributed by atoms with Crippen LogP contribution in [0, 0.1) is 0 Å². The van der Waals surface area contributed by atoms with E-state index in [1.54, 1.807) is 0 Å². The van der Waals surface area contributed by atoms with E-state index in [0.29, 0.717) is 18.8 Å². The van der Waals surface area contributed by atoms with Crippen molar-refractivity contribution < 1.29 is 5.11 Å². The zero-order valence-corrected chi connectivity index (χ0v) is 10.5. The fourth-order valence-electron chi connectivity index (χ4n) is 1.43. The molecule has 0 amide bonds. The van der Waals surface area contributed by atoms with Crippen LogP contribution in [0.25, 0.3) is 0 Å². The molecule has 3 N–H and O–H groups in total. The summed E-state index contributed by atoms with van der Waals surface area (Å²) in [5.74, 6) is 0. The van der Waals surface area contributed by atoms with E-state index in [1.165, 1.54) is 6.20 Å². The summed E-state index contributed by atoms with van der Waals surface area (Å²) in [5, 5.41) is 12.8. The lowest BCUT2D eigenvalue weighted by atomic mass is 10.3. The molecule has 1 heterocycles. The second kappa shape index (κ2) is 6.58. The molecule has 0 aliphatic rings. The Bertz CT molecular complexity index is 421.